The fourth-order valence-electron chi connectivity index (χ4n) is 3.75. The standard InChI is InChI=1S/C19H30N2/c1-2-9-20-14-17-12-19(13-17)18-7-5-16(6-8-18)15-21-10-3-4-11-21/h5-8,17,19-20H,2-4,9-15H2,1H3. The molecule has 2 heteroatoms. The fourth-order valence-corrected chi connectivity index (χ4v) is 3.75. The number of hydrogen-bond acceptors (Lipinski definition) is 2. The monoisotopic (exact) mass is 286 g/mol. The Kier molecular flexibility index (Phi) is 5.32. The number of rotatable bonds is 7. The Balaban J connectivity index is 1.43. The quantitative estimate of drug-likeness (QED) is 0.768. The van der Waals surface area contributed by atoms with E-state index in [0.29, 0.717) is 0 Å². The van der Waals surface area contributed by atoms with E-state index in [2.05, 4.69) is 41.4 Å². The molecule has 1 aromatic rings. The molecule has 1 aromatic carbocycles. The second-order valence-electron chi connectivity index (χ2n) is 6.96. The van der Waals surface area contributed by atoms with E-state index in [1.54, 1.807) is 5.56 Å². The minimum Gasteiger partial charge on any atom is -0.316 e. The van der Waals surface area contributed by atoms with Crippen molar-refractivity contribution >= 4 is 0 Å². The minimum atomic E-state index is 0.819. The van der Waals surface area contributed by atoms with Crippen LogP contribution < -0.4 is 5.32 Å². The fraction of sp³-hybridized carbons (Fsp3) is 0.684. The lowest BCUT2D eigenvalue weighted by Crippen LogP contribution is -2.32. The number of nitrogens with zero attached hydrogens (tertiary/aromatic N) is 1. The molecule has 116 valence electrons. The first kappa shape index (κ1) is 15.1. The summed E-state index contributed by atoms with van der Waals surface area (Å²) in [6.07, 6.45) is 6.76. The molecule has 0 unspecified atom stereocenters. The molecule has 0 spiro atoms. The van der Waals surface area contributed by atoms with Crippen molar-refractivity contribution in [3.63, 3.8) is 0 Å². The first-order valence-corrected chi connectivity index (χ1v) is 8.87. The maximum atomic E-state index is 3.55. The van der Waals surface area contributed by atoms with E-state index in [9.17, 15) is 0 Å². The predicted octanol–water partition coefficient (Wildman–Crippen LogP) is 3.78. The Labute approximate surface area is 129 Å². The van der Waals surface area contributed by atoms with Crippen molar-refractivity contribution in [3.8, 4) is 0 Å². The highest BCUT2D eigenvalue weighted by atomic mass is 15.1. The van der Waals surface area contributed by atoms with Crippen molar-refractivity contribution in [1.29, 1.82) is 0 Å². The average molecular weight is 286 g/mol. The van der Waals surface area contributed by atoms with Crippen molar-refractivity contribution in [1.82, 2.24) is 10.2 Å². The predicted molar refractivity (Wildman–Crippen MR) is 89.6 cm³/mol. The van der Waals surface area contributed by atoms with Crippen LogP contribution in [0.15, 0.2) is 24.3 Å². The Bertz CT molecular complexity index is 414. The van der Waals surface area contributed by atoms with Crippen LogP contribution in [0.2, 0.25) is 0 Å². The van der Waals surface area contributed by atoms with E-state index in [0.717, 1.165) is 18.4 Å². The second-order valence-corrected chi connectivity index (χ2v) is 6.96. The van der Waals surface area contributed by atoms with Crippen LogP contribution in [0.1, 0.15) is 56.1 Å². The zero-order valence-electron chi connectivity index (χ0n) is 13.5. The molecule has 0 radical (unpaired) electrons. The second kappa shape index (κ2) is 7.42. The van der Waals surface area contributed by atoms with Gasteiger partial charge in [0.15, 0.2) is 0 Å². The topological polar surface area (TPSA) is 15.3 Å². The molecule has 0 bridgehead atoms. The van der Waals surface area contributed by atoms with Crippen LogP contribution >= 0.6 is 0 Å². The highest BCUT2D eigenvalue weighted by molar-refractivity contribution is 5.27. The lowest BCUT2D eigenvalue weighted by Gasteiger charge is -2.36. The van der Waals surface area contributed by atoms with E-state index < -0.39 is 0 Å². The van der Waals surface area contributed by atoms with Crippen LogP contribution in [-0.2, 0) is 6.54 Å². The molecule has 3 rings (SSSR count). The van der Waals surface area contributed by atoms with Gasteiger partial charge < -0.3 is 5.32 Å². The summed E-state index contributed by atoms with van der Waals surface area (Å²) in [7, 11) is 0. The van der Waals surface area contributed by atoms with E-state index in [1.165, 1.54) is 63.8 Å². The zero-order valence-corrected chi connectivity index (χ0v) is 13.5. The van der Waals surface area contributed by atoms with E-state index in [-0.39, 0.29) is 0 Å². The molecule has 21 heavy (non-hydrogen) atoms. The smallest absolute Gasteiger partial charge is 0.0233 e. The van der Waals surface area contributed by atoms with Gasteiger partial charge in [-0.3, -0.25) is 4.90 Å². The molecule has 0 aromatic heterocycles. The van der Waals surface area contributed by atoms with Gasteiger partial charge in [-0.2, -0.15) is 0 Å². The van der Waals surface area contributed by atoms with Crippen LogP contribution in [0.25, 0.3) is 0 Å². The van der Waals surface area contributed by atoms with Crippen LogP contribution in [0.4, 0.5) is 0 Å². The molecule has 0 atom stereocenters. The summed E-state index contributed by atoms with van der Waals surface area (Å²) >= 11 is 0. The Morgan fingerprint density at radius 2 is 1.81 bits per heavy atom. The first-order chi connectivity index (χ1) is 10.3. The van der Waals surface area contributed by atoms with Gasteiger partial charge in [-0.05, 0) is 81.2 Å². The SMILES string of the molecule is CCCNCC1CC(c2ccc(CN3CCCC3)cc2)C1. The van der Waals surface area contributed by atoms with Crippen molar-refractivity contribution in [2.75, 3.05) is 26.2 Å². The van der Waals surface area contributed by atoms with Gasteiger partial charge >= 0.3 is 0 Å². The number of hydrogen-bond donors (Lipinski definition) is 1. The van der Waals surface area contributed by atoms with E-state index in [1.807, 2.05) is 0 Å². The normalized spacial score (nSPS) is 26.0. The first-order valence-electron chi connectivity index (χ1n) is 8.87. The summed E-state index contributed by atoms with van der Waals surface area (Å²) in [5, 5.41) is 3.55. The van der Waals surface area contributed by atoms with Gasteiger partial charge in [0.2, 0.25) is 0 Å². The van der Waals surface area contributed by atoms with Gasteiger partial charge in [0.1, 0.15) is 0 Å². The highest BCUT2D eigenvalue weighted by Gasteiger charge is 2.29. The Morgan fingerprint density at radius 3 is 2.48 bits per heavy atom. The van der Waals surface area contributed by atoms with Gasteiger partial charge in [0.05, 0.1) is 0 Å². The van der Waals surface area contributed by atoms with E-state index in [4.69, 9.17) is 0 Å². The number of benzene rings is 1. The van der Waals surface area contributed by atoms with Crippen molar-refractivity contribution in [2.24, 2.45) is 5.92 Å². The van der Waals surface area contributed by atoms with Crippen LogP contribution in [-0.4, -0.2) is 31.1 Å². The molecular formula is C19H30N2. The van der Waals surface area contributed by atoms with Crippen molar-refractivity contribution < 1.29 is 0 Å². The summed E-state index contributed by atoms with van der Waals surface area (Å²) in [5.74, 6) is 1.73. The maximum absolute atomic E-state index is 3.55. The molecule has 2 aliphatic rings. The molecule has 1 heterocycles. The lowest BCUT2D eigenvalue weighted by atomic mass is 9.71. The molecule has 1 N–H and O–H groups in total. The molecule has 1 aliphatic carbocycles. The van der Waals surface area contributed by atoms with Crippen molar-refractivity contribution in [3.05, 3.63) is 35.4 Å². The summed E-state index contributed by atoms with van der Waals surface area (Å²) in [6, 6.07) is 9.48. The molecule has 2 nitrogen and oxygen atoms in total. The number of nitrogens with one attached hydrogen (secondary N) is 1. The maximum Gasteiger partial charge on any atom is 0.0233 e. The molecule has 0 amide bonds. The van der Waals surface area contributed by atoms with Gasteiger partial charge in [0.25, 0.3) is 0 Å². The largest absolute Gasteiger partial charge is 0.316 e. The molecular weight excluding hydrogens is 256 g/mol. The summed E-state index contributed by atoms with van der Waals surface area (Å²) in [5.41, 5.74) is 3.05. The minimum absolute atomic E-state index is 0.819. The molecule has 1 aliphatic heterocycles. The van der Waals surface area contributed by atoms with Gasteiger partial charge in [-0.25, -0.2) is 0 Å². The summed E-state index contributed by atoms with van der Waals surface area (Å²) in [4.78, 5) is 2.58. The molecule has 2 fully saturated rings. The van der Waals surface area contributed by atoms with Gasteiger partial charge in [-0.15, -0.1) is 0 Å². The highest BCUT2D eigenvalue weighted by Crippen LogP contribution is 2.41. The third-order valence-electron chi connectivity index (χ3n) is 5.15. The molecule has 1 saturated carbocycles. The Morgan fingerprint density at radius 1 is 1.10 bits per heavy atom. The molecule has 1 saturated heterocycles. The number of likely N-dealkylation sites (tertiary alicyclic amines) is 1. The third-order valence-corrected chi connectivity index (χ3v) is 5.15. The zero-order chi connectivity index (χ0) is 14.5. The van der Waals surface area contributed by atoms with Crippen molar-refractivity contribution in [2.45, 2.75) is 51.5 Å². The van der Waals surface area contributed by atoms with Crippen LogP contribution in [0.5, 0.6) is 0 Å². The van der Waals surface area contributed by atoms with Crippen LogP contribution in [0.3, 0.4) is 0 Å². The van der Waals surface area contributed by atoms with E-state index >= 15 is 0 Å². The van der Waals surface area contributed by atoms with Gasteiger partial charge in [-0.1, -0.05) is 31.2 Å². The van der Waals surface area contributed by atoms with Gasteiger partial charge in [0, 0.05) is 6.54 Å². The lowest BCUT2D eigenvalue weighted by molar-refractivity contribution is 0.255. The van der Waals surface area contributed by atoms with Crippen LogP contribution in [0, 0.1) is 5.92 Å². The summed E-state index contributed by atoms with van der Waals surface area (Å²) in [6.45, 7) is 8.35. The third kappa shape index (κ3) is 4.08. The summed E-state index contributed by atoms with van der Waals surface area (Å²) < 4.78 is 0. The average Bonchev–Trinajstić information content (AvgIpc) is 2.96. The Hall–Kier alpha value is -0.860.